The Balaban J connectivity index is 2.07. The van der Waals surface area contributed by atoms with Crippen molar-refractivity contribution in [3.8, 4) is 0 Å². The van der Waals surface area contributed by atoms with Crippen LogP contribution in [0.5, 0.6) is 0 Å². The van der Waals surface area contributed by atoms with E-state index in [1.807, 2.05) is 44.4 Å². The van der Waals surface area contributed by atoms with E-state index in [1.54, 1.807) is 12.1 Å². The van der Waals surface area contributed by atoms with Gasteiger partial charge in [-0.1, -0.05) is 24.3 Å². The quantitative estimate of drug-likeness (QED) is 0.876. The molecule has 2 aromatic rings. The zero-order chi connectivity index (χ0) is 14.5. The van der Waals surface area contributed by atoms with Gasteiger partial charge < -0.3 is 15.3 Å². The molecule has 0 atom stereocenters. The zero-order valence-electron chi connectivity index (χ0n) is 11.6. The van der Waals surface area contributed by atoms with Gasteiger partial charge >= 0.3 is 5.97 Å². The highest BCUT2D eigenvalue weighted by Gasteiger charge is 2.04. The molecule has 20 heavy (non-hydrogen) atoms. The van der Waals surface area contributed by atoms with Crippen LogP contribution in [0.15, 0.2) is 48.5 Å². The maximum Gasteiger partial charge on any atom is 0.335 e. The van der Waals surface area contributed by atoms with Crippen LogP contribution in [0.4, 0.5) is 11.4 Å². The van der Waals surface area contributed by atoms with E-state index >= 15 is 0 Å². The molecule has 0 bridgehead atoms. The molecule has 0 saturated heterocycles. The van der Waals surface area contributed by atoms with Crippen molar-refractivity contribution in [2.75, 3.05) is 24.3 Å². The second-order valence-electron chi connectivity index (χ2n) is 4.77. The molecule has 4 nitrogen and oxygen atoms in total. The lowest BCUT2D eigenvalue weighted by molar-refractivity contribution is 0.0697. The lowest BCUT2D eigenvalue weighted by Crippen LogP contribution is -2.12. The molecule has 0 radical (unpaired) electrons. The minimum Gasteiger partial charge on any atom is -0.478 e. The third-order valence-corrected chi connectivity index (χ3v) is 3.07. The normalized spacial score (nSPS) is 10.1. The molecule has 0 heterocycles. The largest absolute Gasteiger partial charge is 0.478 e. The number of aromatic carboxylic acids is 1. The van der Waals surface area contributed by atoms with E-state index in [2.05, 4.69) is 16.3 Å². The fourth-order valence-corrected chi connectivity index (χ4v) is 1.98. The highest BCUT2D eigenvalue weighted by Crippen LogP contribution is 2.23. The Hall–Kier alpha value is -2.49. The van der Waals surface area contributed by atoms with Gasteiger partial charge in [0.05, 0.1) is 16.9 Å². The van der Waals surface area contributed by atoms with Gasteiger partial charge in [-0.25, -0.2) is 4.79 Å². The summed E-state index contributed by atoms with van der Waals surface area (Å²) in [5, 5.41) is 12.2. The molecule has 0 aliphatic carbocycles. The number of hydrogen-bond donors (Lipinski definition) is 2. The average molecular weight is 270 g/mol. The Bertz CT molecular complexity index is 592. The molecule has 2 rings (SSSR count). The molecule has 0 saturated carbocycles. The fraction of sp³-hybridized carbons (Fsp3) is 0.188. The van der Waals surface area contributed by atoms with E-state index in [-0.39, 0.29) is 0 Å². The van der Waals surface area contributed by atoms with Gasteiger partial charge in [0.2, 0.25) is 0 Å². The summed E-state index contributed by atoms with van der Waals surface area (Å²) >= 11 is 0. The lowest BCUT2D eigenvalue weighted by atomic mass is 10.1. The Morgan fingerprint density at radius 3 is 2.35 bits per heavy atom. The predicted molar refractivity (Wildman–Crippen MR) is 81.5 cm³/mol. The van der Waals surface area contributed by atoms with Crippen LogP contribution in [0.2, 0.25) is 0 Å². The van der Waals surface area contributed by atoms with Crippen molar-refractivity contribution in [1.29, 1.82) is 0 Å². The number of nitrogens with zero attached hydrogens (tertiary/aromatic N) is 1. The number of nitrogens with one attached hydrogen (secondary N) is 1. The van der Waals surface area contributed by atoms with E-state index < -0.39 is 5.97 Å². The molecule has 4 heteroatoms. The summed E-state index contributed by atoms with van der Waals surface area (Å²) in [6.07, 6.45) is 0. The van der Waals surface area contributed by atoms with Crippen molar-refractivity contribution in [3.63, 3.8) is 0 Å². The average Bonchev–Trinajstić information content (AvgIpc) is 2.45. The summed E-state index contributed by atoms with van der Waals surface area (Å²) in [5.41, 5.74) is 3.53. The molecule has 104 valence electrons. The van der Waals surface area contributed by atoms with Crippen LogP contribution in [0.3, 0.4) is 0 Å². The molecule has 0 fully saturated rings. The van der Waals surface area contributed by atoms with E-state index in [0.717, 1.165) is 16.9 Å². The first-order valence-electron chi connectivity index (χ1n) is 6.40. The fourth-order valence-electron chi connectivity index (χ4n) is 1.98. The van der Waals surface area contributed by atoms with E-state index in [9.17, 15) is 4.79 Å². The van der Waals surface area contributed by atoms with E-state index in [0.29, 0.717) is 12.1 Å². The van der Waals surface area contributed by atoms with Crippen LogP contribution < -0.4 is 10.2 Å². The van der Waals surface area contributed by atoms with Crippen molar-refractivity contribution in [3.05, 3.63) is 59.7 Å². The van der Waals surface area contributed by atoms with Gasteiger partial charge in [0, 0.05) is 20.6 Å². The molecule has 0 aliphatic heterocycles. The van der Waals surface area contributed by atoms with Crippen LogP contribution in [-0.4, -0.2) is 25.2 Å². The predicted octanol–water partition coefficient (Wildman–Crippen LogP) is 3.06. The third kappa shape index (κ3) is 3.29. The summed E-state index contributed by atoms with van der Waals surface area (Å²) < 4.78 is 0. The second-order valence-corrected chi connectivity index (χ2v) is 4.77. The summed E-state index contributed by atoms with van der Waals surface area (Å²) in [5.74, 6) is -0.900. The molecule has 0 aliphatic rings. The minimum atomic E-state index is -0.900. The second kappa shape index (κ2) is 6.10. The highest BCUT2D eigenvalue weighted by atomic mass is 16.4. The molecule has 2 N–H and O–H groups in total. The van der Waals surface area contributed by atoms with Crippen LogP contribution in [0.1, 0.15) is 15.9 Å². The van der Waals surface area contributed by atoms with Crippen molar-refractivity contribution in [2.24, 2.45) is 0 Å². The molecule has 0 aromatic heterocycles. The standard InChI is InChI=1S/C16H18N2O2/c1-18(2)15-6-4-3-5-14(15)17-11-12-7-9-13(10-8-12)16(19)20/h3-10,17H,11H2,1-2H3,(H,19,20). The Morgan fingerprint density at radius 1 is 1.10 bits per heavy atom. The number of carbonyl (C=O) groups is 1. The number of carboxylic acid groups (broad SMARTS) is 1. The summed E-state index contributed by atoms with van der Waals surface area (Å²) in [6.45, 7) is 0.657. The maximum atomic E-state index is 10.8. The monoisotopic (exact) mass is 270 g/mol. The van der Waals surface area contributed by atoms with Gasteiger partial charge in [-0.2, -0.15) is 0 Å². The smallest absolute Gasteiger partial charge is 0.335 e. The topological polar surface area (TPSA) is 52.6 Å². The van der Waals surface area contributed by atoms with Gasteiger partial charge in [0.1, 0.15) is 0 Å². The van der Waals surface area contributed by atoms with Crippen molar-refractivity contribution in [2.45, 2.75) is 6.54 Å². The number of para-hydroxylation sites is 2. The SMILES string of the molecule is CN(C)c1ccccc1NCc1ccc(C(=O)O)cc1. The molecular formula is C16H18N2O2. The Kier molecular flexibility index (Phi) is 4.25. The number of carboxylic acids is 1. The van der Waals surface area contributed by atoms with E-state index in [4.69, 9.17) is 5.11 Å². The van der Waals surface area contributed by atoms with Crippen LogP contribution in [0.25, 0.3) is 0 Å². The zero-order valence-corrected chi connectivity index (χ0v) is 11.6. The number of anilines is 2. The van der Waals surface area contributed by atoms with Crippen molar-refractivity contribution < 1.29 is 9.90 Å². The van der Waals surface area contributed by atoms with Gasteiger partial charge in [0.25, 0.3) is 0 Å². The van der Waals surface area contributed by atoms with Crippen molar-refractivity contribution >= 4 is 17.3 Å². The molecule has 2 aromatic carbocycles. The van der Waals surface area contributed by atoms with Crippen LogP contribution in [-0.2, 0) is 6.54 Å². The number of hydrogen-bond acceptors (Lipinski definition) is 3. The summed E-state index contributed by atoms with van der Waals surface area (Å²) in [4.78, 5) is 12.8. The molecular weight excluding hydrogens is 252 g/mol. The van der Waals surface area contributed by atoms with Gasteiger partial charge in [-0.15, -0.1) is 0 Å². The Morgan fingerprint density at radius 2 is 1.75 bits per heavy atom. The van der Waals surface area contributed by atoms with Gasteiger partial charge in [0.15, 0.2) is 0 Å². The first kappa shape index (κ1) is 13.9. The maximum absolute atomic E-state index is 10.8. The first-order valence-corrected chi connectivity index (χ1v) is 6.40. The number of benzene rings is 2. The van der Waals surface area contributed by atoms with Gasteiger partial charge in [-0.05, 0) is 29.8 Å². The lowest BCUT2D eigenvalue weighted by Gasteiger charge is -2.18. The van der Waals surface area contributed by atoms with Crippen molar-refractivity contribution in [1.82, 2.24) is 0 Å². The van der Waals surface area contributed by atoms with Crippen LogP contribution in [0, 0.1) is 0 Å². The van der Waals surface area contributed by atoms with E-state index in [1.165, 1.54) is 0 Å². The summed E-state index contributed by atoms with van der Waals surface area (Å²) in [6, 6.07) is 15.0. The molecule has 0 spiro atoms. The first-order chi connectivity index (χ1) is 9.58. The summed E-state index contributed by atoms with van der Waals surface area (Å²) in [7, 11) is 4.00. The number of rotatable bonds is 5. The Labute approximate surface area is 118 Å². The highest BCUT2D eigenvalue weighted by molar-refractivity contribution is 5.87. The minimum absolute atomic E-state index is 0.308. The molecule has 0 unspecified atom stereocenters. The van der Waals surface area contributed by atoms with Crippen LogP contribution >= 0.6 is 0 Å². The van der Waals surface area contributed by atoms with Gasteiger partial charge in [-0.3, -0.25) is 0 Å². The third-order valence-electron chi connectivity index (χ3n) is 3.07. The molecule has 0 amide bonds.